The molecule has 3 aromatic rings. The van der Waals surface area contributed by atoms with Crippen molar-refractivity contribution in [1.82, 2.24) is 5.32 Å². The predicted octanol–water partition coefficient (Wildman–Crippen LogP) is 4.01. The first-order valence-corrected chi connectivity index (χ1v) is 9.09. The van der Waals surface area contributed by atoms with Gasteiger partial charge in [0.2, 0.25) is 0 Å². The van der Waals surface area contributed by atoms with Crippen LogP contribution in [0.2, 0.25) is 0 Å². The van der Waals surface area contributed by atoms with E-state index in [1.54, 1.807) is 18.2 Å². The second-order valence-electron chi connectivity index (χ2n) is 6.75. The lowest BCUT2D eigenvalue weighted by molar-refractivity contribution is -0.137. The zero-order chi connectivity index (χ0) is 21.1. The minimum atomic E-state index is -1.04. The molecule has 1 aromatic heterocycles. The number of furan rings is 1. The van der Waals surface area contributed by atoms with Crippen LogP contribution in [0.3, 0.4) is 0 Å². The third-order valence-corrected chi connectivity index (χ3v) is 4.86. The number of carboxylic acids is 1. The number of aryl methyl sites for hydroxylation is 2. The van der Waals surface area contributed by atoms with Gasteiger partial charge in [0, 0.05) is 10.9 Å². The molecule has 1 amide bonds. The summed E-state index contributed by atoms with van der Waals surface area (Å²) < 4.78 is 16.3. The highest BCUT2D eigenvalue weighted by Gasteiger charge is 2.24. The number of aliphatic carboxylic acids is 1. The van der Waals surface area contributed by atoms with Crippen LogP contribution in [0.25, 0.3) is 11.0 Å². The van der Waals surface area contributed by atoms with Crippen LogP contribution in [0.5, 0.6) is 11.5 Å². The number of nitrogens with one attached hydrogen (secondary N) is 1. The molecule has 7 heteroatoms. The molecular weight excluding hydrogens is 374 g/mol. The molecule has 29 heavy (non-hydrogen) atoms. The van der Waals surface area contributed by atoms with Gasteiger partial charge < -0.3 is 24.3 Å². The van der Waals surface area contributed by atoms with Crippen LogP contribution >= 0.6 is 0 Å². The Morgan fingerprint density at radius 1 is 1.10 bits per heavy atom. The Morgan fingerprint density at radius 3 is 2.45 bits per heavy atom. The van der Waals surface area contributed by atoms with Gasteiger partial charge >= 0.3 is 5.97 Å². The molecule has 1 atom stereocenters. The van der Waals surface area contributed by atoms with Gasteiger partial charge in [-0.2, -0.15) is 0 Å². The Morgan fingerprint density at radius 2 is 1.83 bits per heavy atom. The van der Waals surface area contributed by atoms with Crippen LogP contribution < -0.4 is 14.8 Å². The molecule has 0 saturated heterocycles. The van der Waals surface area contributed by atoms with Crippen molar-refractivity contribution >= 4 is 22.8 Å². The van der Waals surface area contributed by atoms with Crippen molar-refractivity contribution in [2.75, 3.05) is 14.2 Å². The Balaban J connectivity index is 1.95. The van der Waals surface area contributed by atoms with Gasteiger partial charge in [0.1, 0.15) is 5.58 Å². The SMILES string of the molecule is COc1ccc(C(CC(=O)O)NC(=O)c2oc3c(C)cccc3c2C)cc1OC. The summed E-state index contributed by atoms with van der Waals surface area (Å²) in [6.45, 7) is 3.71. The first-order chi connectivity index (χ1) is 13.8. The largest absolute Gasteiger partial charge is 0.493 e. The summed E-state index contributed by atoms with van der Waals surface area (Å²) in [4.78, 5) is 24.3. The van der Waals surface area contributed by atoms with Gasteiger partial charge in [-0.1, -0.05) is 24.3 Å². The fourth-order valence-electron chi connectivity index (χ4n) is 3.32. The standard InChI is InChI=1S/C22H23NO6/c1-12-6-5-7-15-13(2)21(29-20(12)15)22(26)23-16(11-19(24)25)14-8-9-17(27-3)18(10-14)28-4/h5-10,16H,11H2,1-4H3,(H,23,26)(H,24,25). The molecule has 0 fully saturated rings. The summed E-state index contributed by atoms with van der Waals surface area (Å²) in [5.74, 6) is -0.378. The van der Waals surface area contributed by atoms with Crippen molar-refractivity contribution in [2.24, 2.45) is 0 Å². The van der Waals surface area contributed by atoms with Crippen LogP contribution in [-0.2, 0) is 4.79 Å². The van der Waals surface area contributed by atoms with E-state index in [0.29, 0.717) is 28.2 Å². The number of methoxy groups -OCH3 is 2. The Hall–Kier alpha value is -3.48. The molecule has 0 aliphatic carbocycles. The van der Waals surface area contributed by atoms with Gasteiger partial charge in [-0.25, -0.2) is 0 Å². The lowest BCUT2D eigenvalue weighted by Gasteiger charge is -2.18. The van der Waals surface area contributed by atoms with Gasteiger partial charge in [-0.15, -0.1) is 0 Å². The average Bonchev–Trinajstić information content (AvgIpc) is 3.04. The predicted molar refractivity (Wildman–Crippen MR) is 108 cm³/mol. The molecule has 0 bridgehead atoms. The average molecular weight is 397 g/mol. The van der Waals surface area contributed by atoms with Crippen LogP contribution in [0, 0.1) is 13.8 Å². The van der Waals surface area contributed by atoms with Crippen LogP contribution in [0.1, 0.15) is 39.7 Å². The molecule has 3 rings (SSSR count). The summed E-state index contributed by atoms with van der Waals surface area (Å²) in [7, 11) is 3.01. The van der Waals surface area contributed by atoms with E-state index in [0.717, 1.165) is 10.9 Å². The van der Waals surface area contributed by atoms with E-state index in [1.807, 2.05) is 32.0 Å². The van der Waals surface area contributed by atoms with Gasteiger partial charge in [-0.05, 0) is 37.1 Å². The van der Waals surface area contributed by atoms with E-state index in [1.165, 1.54) is 14.2 Å². The maximum atomic E-state index is 12.9. The molecule has 0 radical (unpaired) electrons. The molecule has 0 saturated carbocycles. The number of carbonyl (C=O) groups excluding carboxylic acids is 1. The normalized spacial score (nSPS) is 11.9. The molecular formula is C22H23NO6. The lowest BCUT2D eigenvalue weighted by Crippen LogP contribution is -2.30. The van der Waals surface area contributed by atoms with Crippen molar-refractivity contribution in [3.05, 3.63) is 58.8 Å². The minimum absolute atomic E-state index is 0.171. The van der Waals surface area contributed by atoms with E-state index in [-0.39, 0.29) is 12.2 Å². The van der Waals surface area contributed by atoms with E-state index in [9.17, 15) is 14.7 Å². The Bertz CT molecular complexity index is 1070. The molecule has 1 unspecified atom stereocenters. The second-order valence-corrected chi connectivity index (χ2v) is 6.75. The number of hydrogen-bond acceptors (Lipinski definition) is 5. The molecule has 0 spiro atoms. The fraction of sp³-hybridized carbons (Fsp3) is 0.273. The lowest BCUT2D eigenvalue weighted by atomic mass is 10.0. The van der Waals surface area contributed by atoms with Gasteiger partial charge in [0.25, 0.3) is 5.91 Å². The summed E-state index contributed by atoms with van der Waals surface area (Å²) in [5.41, 5.74) is 2.87. The fourth-order valence-corrected chi connectivity index (χ4v) is 3.32. The maximum Gasteiger partial charge on any atom is 0.305 e. The summed E-state index contributed by atoms with van der Waals surface area (Å²) in [6.07, 6.45) is -0.292. The molecule has 0 aliphatic heterocycles. The van der Waals surface area contributed by atoms with Crippen molar-refractivity contribution in [3.8, 4) is 11.5 Å². The van der Waals surface area contributed by atoms with Crippen molar-refractivity contribution in [3.63, 3.8) is 0 Å². The molecule has 2 N–H and O–H groups in total. The van der Waals surface area contributed by atoms with Crippen LogP contribution in [-0.4, -0.2) is 31.2 Å². The molecule has 2 aromatic carbocycles. The van der Waals surface area contributed by atoms with Crippen LogP contribution in [0.4, 0.5) is 0 Å². The minimum Gasteiger partial charge on any atom is -0.493 e. The number of hydrogen-bond donors (Lipinski definition) is 2. The van der Waals surface area contributed by atoms with E-state index in [2.05, 4.69) is 5.32 Å². The highest BCUT2D eigenvalue weighted by molar-refractivity contribution is 5.99. The summed E-state index contributed by atoms with van der Waals surface area (Å²) >= 11 is 0. The van der Waals surface area contributed by atoms with Gasteiger partial charge in [0.15, 0.2) is 17.3 Å². The monoisotopic (exact) mass is 397 g/mol. The van der Waals surface area contributed by atoms with Crippen LogP contribution in [0.15, 0.2) is 40.8 Å². The number of amides is 1. The van der Waals surface area contributed by atoms with Gasteiger partial charge in [0.05, 0.1) is 26.7 Å². The zero-order valence-electron chi connectivity index (χ0n) is 16.7. The number of fused-ring (bicyclic) bond motifs is 1. The number of ether oxygens (including phenoxy) is 2. The topological polar surface area (TPSA) is 98.0 Å². The first-order valence-electron chi connectivity index (χ1n) is 9.09. The number of carbonyl (C=O) groups is 2. The number of carboxylic acid groups (broad SMARTS) is 1. The zero-order valence-corrected chi connectivity index (χ0v) is 16.7. The maximum absolute atomic E-state index is 12.9. The molecule has 152 valence electrons. The second kappa shape index (κ2) is 8.26. The smallest absolute Gasteiger partial charge is 0.305 e. The van der Waals surface area contributed by atoms with Crippen molar-refractivity contribution in [2.45, 2.75) is 26.3 Å². The highest BCUT2D eigenvalue weighted by Crippen LogP contribution is 2.32. The highest BCUT2D eigenvalue weighted by atomic mass is 16.5. The third-order valence-electron chi connectivity index (χ3n) is 4.86. The first kappa shape index (κ1) is 20.3. The molecule has 0 aliphatic rings. The summed E-state index contributed by atoms with van der Waals surface area (Å²) in [5, 5.41) is 13.0. The number of para-hydroxylation sites is 1. The van der Waals surface area contributed by atoms with Crippen molar-refractivity contribution < 1.29 is 28.6 Å². The van der Waals surface area contributed by atoms with E-state index >= 15 is 0 Å². The van der Waals surface area contributed by atoms with E-state index in [4.69, 9.17) is 13.9 Å². The number of benzene rings is 2. The quantitative estimate of drug-likeness (QED) is 0.625. The Labute approximate surface area is 168 Å². The third kappa shape index (κ3) is 4.03. The van der Waals surface area contributed by atoms with Gasteiger partial charge in [-0.3, -0.25) is 9.59 Å². The number of rotatable bonds is 7. The molecule has 1 heterocycles. The Kier molecular flexibility index (Phi) is 5.77. The summed E-state index contributed by atoms with van der Waals surface area (Å²) in [6, 6.07) is 9.95. The molecule has 7 nitrogen and oxygen atoms in total. The van der Waals surface area contributed by atoms with E-state index < -0.39 is 17.9 Å². The van der Waals surface area contributed by atoms with Crippen molar-refractivity contribution in [1.29, 1.82) is 0 Å².